The van der Waals surface area contributed by atoms with Crippen molar-refractivity contribution in [3.8, 4) is 5.75 Å². The van der Waals surface area contributed by atoms with Crippen molar-refractivity contribution in [3.05, 3.63) is 59.4 Å². The number of nitrogens with zero attached hydrogens (tertiary/aromatic N) is 2. The molecule has 1 aliphatic heterocycles. The molecule has 0 bridgehead atoms. The molecule has 0 spiro atoms. The van der Waals surface area contributed by atoms with E-state index in [1.54, 1.807) is 0 Å². The second-order valence-corrected chi connectivity index (χ2v) is 5.39. The van der Waals surface area contributed by atoms with Crippen molar-refractivity contribution in [2.75, 3.05) is 13.7 Å². The van der Waals surface area contributed by atoms with Crippen LogP contribution in [-0.4, -0.2) is 23.5 Å². The Morgan fingerprint density at radius 2 is 2.20 bits per heavy atom. The van der Waals surface area contributed by atoms with Gasteiger partial charge in [-0.3, -0.25) is 9.88 Å². The van der Waals surface area contributed by atoms with Crippen LogP contribution in [0.25, 0.3) is 0 Å². The fraction of sp³-hybridized carbons (Fsp3) is 0.353. The van der Waals surface area contributed by atoms with Crippen molar-refractivity contribution < 1.29 is 4.74 Å². The van der Waals surface area contributed by atoms with E-state index in [2.05, 4.69) is 48.1 Å². The van der Waals surface area contributed by atoms with E-state index in [-0.39, 0.29) is 0 Å². The molecule has 0 radical (unpaired) electrons. The molecule has 3 rings (SSSR count). The fourth-order valence-corrected chi connectivity index (χ4v) is 2.61. The van der Waals surface area contributed by atoms with Crippen molar-refractivity contribution in [2.45, 2.75) is 25.9 Å². The lowest BCUT2D eigenvalue weighted by atomic mass is 10.1. The Bertz CT molecular complexity index is 583. The molecule has 0 aliphatic carbocycles. The normalized spacial score (nSPS) is 14.9. The standard InChI is InChI=1S/C17H20N2O/c1-13(16-5-3-4-9-18-16)19(2)12-14-6-7-17-15(11-14)8-10-20-17/h3-7,9,11,13H,8,10,12H2,1-2H3. The van der Waals surface area contributed by atoms with Crippen LogP contribution >= 0.6 is 0 Å². The third kappa shape index (κ3) is 2.68. The second-order valence-electron chi connectivity index (χ2n) is 5.39. The lowest BCUT2D eigenvalue weighted by Crippen LogP contribution is -2.22. The minimum absolute atomic E-state index is 0.306. The van der Waals surface area contributed by atoms with Gasteiger partial charge in [0, 0.05) is 25.2 Å². The van der Waals surface area contributed by atoms with Gasteiger partial charge in [-0.15, -0.1) is 0 Å². The molecule has 1 atom stereocenters. The molecule has 0 fully saturated rings. The first-order valence-electron chi connectivity index (χ1n) is 7.10. The first kappa shape index (κ1) is 13.1. The minimum atomic E-state index is 0.306. The third-order valence-electron chi connectivity index (χ3n) is 3.96. The Balaban J connectivity index is 1.71. The number of rotatable bonds is 4. The van der Waals surface area contributed by atoms with E-state index in [4.69, 9.17) is 4.74 Å². The van der Waals surface area contributed by atoms with Crippen molar-refractivity contribution in [3.63, 3.8) is 0 Å². The van der Waals surface area contributed by atoms with Gasteiger partial charge in [-0.05, 0) is 43.3 Å². The summed E-state index contributed by atoms with van der Waals surface area (Å²) >= 11 is 0. The lowest BCUT2D eigenvalue weighted by molar-refractivity contribution is 0.248. The predicted octanol–water partition coefficient (Wildman–Crippen LogP) is 3.21. The number of pyridine rings is 1. The molecule has 104 valence electrons. The topological polar surface area (TPSA) is 25.4 Å². The molecule has 1 aliphatic rings. The monoisotopic (exact) mass is 268 g/mol. The number of fused-ring (bicyclic) bond motifs is 1. The van der Waals surface area contributed by atoms with Crippen molar-refractivity contribution in [2.24, 2.45) is 0 Å². The van der Waals surface area contributed by atoms with Crippen LogP contribution in [0.1, 0.15) is 29.8 Å². The zero-order valence-corrected chi connectivity index (χ0v) is 12.0. The van der Waals surface area contributed by atoms with Crippen LogP contribution in [0, 0.1) is 0 Å². The highest BCUT2D eigenvalue weighted by atomic mass is 16.5. The van der Waals surface area contributed by atoms with Gasteiger partial charge in [0.2, 0.25) is 0 Å². The maximum atomic E-state index is 5.55. The van der Waals surface area contributed by atoms with E-state index in [1.165, 1.54) is 11.1 Å². The SMILES string of the molecule is CC(c1ccccn1)N(C)Cc1ccc2c(c1)CCO2. The van der Waals surface area contributed by atoms with Crippen LogP contribution < -0.4 is 4.74 Å². The first-order valence-corrected chi connectivity index (χ1v) is 7.10. The molecule has 3 nitrogen and oxygen atoms in total. The molecule has 2 aromatic rings. The number of ether oxygens (including phenoxy) is 1. The summed E-state index contributed by atoms with van der Waals surface area (Å²) < 4.78 is 5.55. The summed E-state index contributed by atoms with van der Waals surface area (Å²) in [5, 5.41) is 0. The average Bonchev–Trinajstić information content (AvgIpc) is 2.95. The summed E-state index contributed by atoms with van der Waals surface area (Å²) in [6.07, 6.45) is 2.88. The average molecular weight is 268 g/mol. The maximum Gasteiger partial charge on any atom is 0.122 e. The van der Waals surface area contributed by atoms with Crippen molar-refractivity contribution in [1.29, 1.82) is 0 Å². The molecule has 0 saturated heterocycles. The van der Waals surface area contributed by atoms with Crippen LogP contribution in [0.2, 0.25) is 0 Å². The quantitative estimate of drug-likeness (QED) is 0.851. The minimum Gasteiger partial charge on any atom is -0.493 e. The maximum absolute atomic E-state index is 5.55. The van der Waals surface area contributed by atoms with E-state index in [1.807, 2.05) is 18.3 Å². The van der Waals surface area contributed by atoms with Gasteiger partial charge in [-0.2, -0.15) is 0 Å². The smallest absolute Gasteiger partial charge is 0.122 e. The van der Waals surface area contributed by atoms with Gasteiger partial charge >= 0.3 is 0 Å². The summed E-state index contributed by atoms with van der Waals surface area (Å²) in [6.45, 7) is 3.93. The van der Waals surface area contributed by atoms with Gasteiger partial charge in [-0.1, -0.05) is 18.2 Å². The Kier molecular flexibility index (Phi) is 3.70. The van der Waals surface area contributed by atoms with Gasteiger partial charge in [0.1, 0.15) is 5.75 Å². The van der Waals surface area contributed by atoms with Gasteiger partial charge in [0.15, 0.2) is 0 Å². The molecule has 1 unspecified atom stereocenters. The van der Waals surface area contributed by atoms with E-state index in [0.717, 1.165) is 31.0 Å². The van der Waals surface area contributed by atoms with E-state index in [0.29, 0.717) is 6.04 Å². The third-order valence-corrected chi connectivity index (χ3v) is 3.96. The zero-order valence-electron chi connectivity index (χ0n) is 12.0. The summed E-state index contributed by atoms with van der Waals surface area (Å²) in [4.78, 5) is 6.76. The van der Waals surface area contributed by atoms with Crippen LogP contribution in [0.4, 0.5) is 0 Å². The number of benzene rings is 1. The van der Waals surface area contributed by atoms with Crippen LogP contribution in [0.3, 0.4) is 0 Å². The number of aromatic nitrogens is 1. The Labute approximate surface area is 120 Å². The lowest BCUT2D eigenvalue weighted by Gasteiger charge is -2.24. The van der Waals surface area contributed by atoms with E-state index in [9.17, 15) is 0 Å². The summed E-state index contributed by atoms with van der Waals surface area (Å²) in [7, 11) is 2.14. The summed E-state index contributed by atoms with van der Waals surface area (Å²) in [5.41, 5.74) is 3.78. The summed E-state index contributed by atoms with van der Waals surface area (Å²) in [5.74, 6) is 1.05. The van der Waals surface area contributed by atoms with E-state index < -0.39 is 0 Å². The highest BCUT2D eigenvalue weighted by Crippen LogP contribution is 2.27. The van der Waals surface area contributed by atoms with Gasteiger partial charge in [0.05, 0.1) is 12.3 Å². The molecule has 2 heterocycles. The Morgan fingerprint density at radius 1 is 1.30 bits per heavy atom. The zero-order chi connectivity index (χ0) is 13.9. The highest BCUT2D eigenvalue weighted by Gasteiger charge is 2.15. The highest BCUT2D eigenvalue weighted by molar-refractivity contribution is 5.39. The molecule has 20 heavy (non-hydrogen) atoms. The van der Waals surface area contributed by atoms with Crippen molar-refractivity contribution in [1.82, 2.24) is 9.88 Å². The Morgan fingerprint density at radius 3 is 3.00 bits per heavy atom. The summed E-state index contributed by atoms with van der Waals surface area (Å²) in [6, 6.07) is 12.9. The van der Waals surface area contributed by atoms with Crippen LogP contribution in [0.5, 0.6) is 5.75 Å². The molecule has 1 aromatic carbocycles. The van der Waals surface area contributed by atoms with E-state index >= 15 is 0 Å². The molecule has 0 amide bonds. The predicted molar refractivity (Wildman–Crippen MR) is 79.8 cm³/mol. The largest absolute Gasteiger partial charge is 0.493 e. The van der Waals surface area contributed by atoms with Gasteiger partial charge in [0.25, 0.3) is 0 Å². The second kappa shape index (κ2) is 5.63. The first-order chi connectivity index (χ1) is 9.74. The Hall–Kier alpha value is -1.87. The number of hydrogen-bond acceptors (Lipinski definition) is 3. The molecule has 1 aromatic heterocycles. The van der Waals surface area contributed by atoms with Gasteiger partial charge in [-0.25, -0.2) is 0 Å². The van der Waals surface area contributed by atoms with Crippen molar-refractivity contribution >= 4 is 0 Å². The van der Waals surface area contributed by atoms with Crippen LogP contribution in [0.15, 0.2) is 42.6 Å². The van der Waals surface area contributed by atoms with Crippen LogP contribution in [-0.2, 0) is 13.0 Å². The molecular formula is C17H20N2O. The molecule has 3 heteroatoms. The fourth-order valence-electron chi connectivity index (χ4n) is 2.61. The molecule has 0 N–H and O–H groups in total. The van der Waals surface area contributed by atoms with Gasteiger partial charge < -0.3 is 4.74 Å². The number of hydrogen-bond donors (Lipinski definition) is 0. The molecule has 0 saturated carbocycles. The molecular weight excluding hydrogens is 248 g/mol.